The molecular weight excluding hydrogens is 440 g/mol. The minimum absolute atomic E-state index is 0.310. The van der Waals surface area contributed by atoms with Gasteiger partial charge >= 0.3 is 17.9 Å². The van der Waals surface area contributed by atoms with Crippen LogP contribution in [0.25, 0.3) is 10.9 Å². The Kier molecular flexibility index (Phi) is 12.4. The zero-order valence-electron chi connectivity index (χ0n) is 17.5. The van der Waals surface area contributed by atoms with E-state index in [1.54, 1.807) is 0 Å². The van der Waals surface area contributed by atoms with Crippen molar-refractivity contribution < 1.29 is 39.3 Å². The van der Waals surface area contributed by atoms with Gasteiger partial charge in [-0.1, -0.05) is 18.2 Å². The van der Waals surface area contributed by atoms with E-state index < -0.39 is 47.8 Å². The van der Waals surface area contributed by atoms with Crippen LogP contribution >= 0.6 is 0 Å². The van der Waals surface area contributed by atoms with E-state index >= 15 is 0 Å². The molecule has 0 spiro atoms. The first-order valence-corrected chi connectivity index (χ1v) is 9.32. The number of carboxylic acid groups (broad SMARTS) is 3. The maximum Gasteiger partial charge on any atom is 0.321 e. The highest BCUT2D eigenvalue weighted by molar-refractivity contribution is 5.85. The number of nitrogens with two attached hydrogens (primary N) is 5. The third kappa shape index (κ3) is 11.8. The highest BCUT2D eigenvalue weighted by Gasteiger charge is 2.15. The molecule has 3 atom stereocenters. The molecule has 0 unspecified atom stereocenters. The van der Waals surface area contributed by atoms with E-state index in [9.17, 15) is 24.0 Å². The minimum Gasteiger partial charge on any atom is -0.480 e. The van der Waals surface area contributed by atoms with Gasteiger partial charge in [0.1, 0.15) is 18.1 Å². The van der Waals surface area contributed by atoms with E-state index in [4.69, 9.17) is 32.5 Å². The van der Waals surface area contributed by atoms with E-state index in [0.717, 1.165) is 16.5 Å². The summed E-state index contributed by atoms with van der Waals surface area (Å²) in [5.41, 5.74) is 26.6. The van der Waals surface area contributed by atoms with Crippen LogP contribution in [0.1, 0.15) is 18.4 Å². The Bertz CT molecular complexity index is 944. The fourth-order valence-corrected chi connectivity index (χ4v) is 2.23. The van der Waals surface area contributed by atoms with Crippen LogP contribution in [0.5, 0.6) is 0 Å². The summed E-state index contributed by atoms with van der Waals surface area (Å²) in [5.74, 6) is -4.81. The van der Waals surface area contributed by atoms with Crippen molar-refractivity contribution in [2.45, 2.75) is 37.4 Å². The fraction of sp³-hybridized carbons (Fsp3) is 0.316. The second-order valence-corrected chi connectivity index (χ2v) is 6.74. The first-order chi connectivity index (χ1) is 15.3. The SMILES string of the molecule is NC(=O)C[C@H](N)C(=O)O.NC(=O)C[C@H](N)C(=O)O.N[C@@H](Cc1c[nH]c2ccccc12)C(=O)O. The lowest BCUT2D eigenvalue weighted by atomic mass is 10.1. The molecule has 1 heterocycles. The number of primary amides is 2. The number of carbonyl (C=O) groups is 5. The summed E-state index contributed by atoms with van der Waals surface area (Å²) in [6.45, 7) is 0. The van der Waals surface area contributed by atoms with Gasteiger partial charge in [0, 0.05) is 23.5 Å². The number of hydrogen-bond acceptors (Lipinski definition) is 8. The Morgan fingerprint density at radius 2 is 1.18 bits per heavy atom. The monoisotopic (exact) mass is 468 g/mol. The first kappa shape index (κ1) is 29.0. The van der Waals surface area contributed by atoms with Crippen LogP contribution < -0.4 is 28.7 Å². The van der Waals surface area contributed by atoms with Gasteiger partial charge in [-0.05, 0) is 11.6 Å². The zero-order chi connectivity index (χ0) is 25.7. The highest BCUT2D eigenvalue weighted by atomic mass is 16.4. The van der Waals surface area contributed by atoms with E-state index in [1.165, 1.54) is 0 Å². The molecular formula is C19H28N6O8. The molecule has 2 aromatic rings. The van der Waals surface area contributed by atoms with Gasteiger partial charge in [0.05, 0.1) is 12.8 Å². The lowest BCUT2D eigenvalue weighted by Gasteiger charge is -2.04. The number of aromatic nitrogens is 1. The van der Waals surface area contributed by atoms with Crippen molar-refractivity contribution in [1.29, 1.82) is 0 Å². The summed E-state index contributed by atoms with van der Waals surface area (Å²) in [6, 6.07) is 4.58. The molecule has 1 aromatic heterocycles. The number of aliphatic carboxylic acids is 3. The molecule has 33 heavy (non-hydrogen) atoms. The van der Waals surface area contributed by atoms with Gasteiger partial charge < -0.3 is 49.0 Å². The molecule has 14 N–H and O–H groups in total. The molecule has 0 aliphatic heterocycles. The number of fused-ring (bicyclic) bond motifs is 1. The second-order valence-electron chi connectivity index (χ2n) is 6.74. The Balaban J connectivity index is 0.000000498. The van der Waals surface area contributed by atoms with Crippen molar-refractivity contribution in [2.75, 3.05) is 0 Å². The molecule has 0 bridgehead atoms. The summed E-state index contributed by atoms with van der Waals surface area (Å²) in [4.78, 5) is 53.5. The number of carboxylic acids is 3. The molecule has 0 radical (unpaired) electrons. The number of amides is 2. The third-order valence-electron chi connectivity index (χ3n) is 3.91. The number of benzene rings is 1. The van der Waals surface area contributed by atoms with Crippen molar-refractivity contribution in [1.82, 2.24) is 4.98 Å². The molecule has 182 valence electrons. The third-order valence-corrected chi connectivity index (χ3v) is 3.91. The van der Waals surface area contributed by atoms with E-state index in [-0.39, 0.29) is 12.8 Å². The maximum absolute atomic E-state index is 10.6. The van der Waals surface area contributed by atoms with Crippen molar-refractivity contribution >= 4 is 40.6 Å². The topological polar surface area (TPSA) is 292 Å². The molecule has 14 nitrogen and oxygen atoms in total. The first-order valence-electron chi connectivity index (χ1n) is 9.32. The highest BCUT2D eigenvalue weighted by Crippen LogP contribution is 2.18. The number of H-pyrrole nitrogens is 1. The number of hydrogen-bond donors (Lipinski definition) is 9. The summed E-state index contributed by atoms with van der Waals surface area (Å²) in [7, 11) is 0. The lowest BCUT2D eigenvalue weighted by Crippen LogP contribution is -2.34. The van der Waals surface area contributed by atoms with Crippen LogP contribution in [0.2, 0.25) is 0 Å². The number of nitrogens with one attached hydrogen (secondary N) is 1. The predicted octanol–water partition coefficient (Wildman–Crippen LogP) is -2.33. The smallest absolute Gasteiger partial charge is 0.321 e. The van der Waals surface area contributed by atoms with Crippen LogP contribution in [-0.2, 0) is 30.4 Å². The number of rotatable bonds is 9. The average Bonchev–Trinajstić information content (AvgIpc) is 3.10. The summed E-state index contributed by atoms with van der Waals surface area (Å²) < 4.78 is 0. The normalized spacial score (nSPS) is 12.7. The summed E-state index contributed by atoms with van der Waals surface area (Å²) in [6.07, 6.45) is 1.54. The number of carbonyl (C=O) groups excluding carboxylic acids is 2. The van der Waals surface area contributed by atoms with Crippen LogP contribution in [0, 0.1) is 0 Å². The van der Waals surface area contributed by atoms with Crippen LogP contribution in [0.3, 0.4) is 0 Å². The van der Waals surface area contributed by atoms with E-state index in [0.29, 0.717) is 6.42 Å². The van der Waals surface area contributed by atoms with Crippen LogP contribution in [0.4, 0.5) is 0 Å². The van der Waals surface area contributed by atoms with E-state index in [2.05, 4.69) is 16.5 Å². The molecule has 2 rings (SSSR count). The van der Waals surface area contributed by atoms with Crippen LogP contribution in [-0.4, -0.2) is 68.2 Å². The number of para-hydroxylation sites is 1. The Hall–Kier alpha value is -4.01. The molecule has 0 saturated heterocycles. The Labute approximate surface area is 187 Å². The molecule has 0 fully saturated rings. The molecule has 0 aliphatic carbocycles. The lowest BCUT2D eigenvalue weighted by molar-refractivity contribution is -0.140. The van der Waals surface area contributed by atoms with Gasteiger partial charge in [-0.2, -0.15) is 0 Å². The summed E-state index contributed by atoms with van der Waals surface area (Å²) >= 11 is 0. The predicted molar refractivity (Wildman–Crippen MR) is 116 cm³/mol. The molecule has 14 heteroatoms. The average molecular weight is 468 g/mol. The van der Waals surface area contributed by atoms with Crippen molar-refractivity contribution in [3.63, 3.8) is 0 Å². The zero-order valence-corrected chi connectivity index (χ0v) is 17.5. The second kappa shape index (κ2) is 14.1. The van der Waals surface area contributed by atoms with Gasteiger partial charge in [-0.3, -0.25) is 24.0 Å². The Morgan fingerprint density at radius 1 is 0.758 bits per heavy atom. The van der Waals surface area contributed by atoms with Crippen molar-refractivity contribution in [3.05, 3.63) is 36.0 Å². The van der Waals surface area contributed by atoms with Gasteiger partial charge in [0.25, 0.3) is 0 Å². The standard InChI is InChI=1S/C11H12N2O2.2C4H8N2O3/c12-9(11(14)15)5-7-6-13-10-4-2-1-3-8(7)10;2*5-2(4(8)9)1-3(6)7/h1-4,6,9,13H,5,12H2,(H,14,15);2*2H,1,5H2,(H2,6,7)(H,8,9)/t9-;2*2-/m000/s1. The maximum atomic E-state index is 10.6. The van der Waals surface area contributed by atoms with Gasteiger partial charge in [-0.25, -0.2) is 0 Å². The molecule has 1 aromatic carbocycles. The van der Waals surface area contributed by atoms with Gasteiger partial charge in [0.2, 0.25) is 11.8 Å². The molecule has 0 aliphatic rings. The summed E-state index contributed by atoms with van der Waals surface area (Å²) in [5, 5.41) is 26.0. The van der Waals surface area contributed by atoms with Crippen LogP contribution in [0.15, 0.2) is 30.5 Å². The Morgan fingerprint density at radius 3 is 1.55 bits per heavy atom. The van der Waals surface area contributed by atoms with Crippen molar-refractivity contribution in [2.24, 2.45) is 28.7 Å². The molecule has 0 saturated carbocycles. The largest absolute Gasteiger partial charge is 0.480 e. The quantitative estimate of drug-likeness (QED) is 0.188. The van der Waals surface area contributed by atoms with Crippen molar-refractivity contribution in [3.8, 4) is 0 Å². The number of aromatic amines is 1. The van der Waals surface area contributed by atoms with Gasteiger partial charge in [0.15, 0.2) is 0 Å². The van der Waals surface area contributed by atoms with Gasteiger partial charge in [-0.15, -0.1) is 0 Å². The van der Waals surface area contributed by atoms with E-state index in [1.807, 2.05) is 30.5 Å². The molecule has 2 amide bonds. The fourth-order valence-electron chi connectivity index (χ4n) is 2.23. The minimum atomic E-state index is -1.21.